The van der Waals surface area contributed by atoms with Crippen molar-refractivity contribution in [3.8, 4) is 5.75 Å². The van der Waals surface area contributed by atoms with E-state index in [9.17, 15) is 0 Å². The van der Waals surface area contributed by atoms with Gasteiger partial charge < -0.3 is 34.2 Å². The molecular formula is C19H33NO6. The van der Waals surface area contributed by atoms with E-state index in [1.54, 1.807) is 12.1 Å². The summed E-state index contributed by atoms with van der Waals surface area (Å²) in [6.45, 7) is 9.52. The SMILES string of the molecule is CC(C)OCCOCCOCCOCCOCCOc1ccc(N)cc1. The summed E-state index contributed by atoms with van der Waals surface area (Å²) in [5, 5.41) is 0. The zero-order chi connectivity index (χ0) is 18.9. The summed E-state index contributed by atoms with van der Waals surface area (Å²) < 4.78 is 32.5. The summed E-state index contributed by atoms with van der Waals surface area (Å²) >= 11 is 0. The van der Waals surface area contributed by atoms with Gasteiger partial charge in [-0.2, -0.15) is 0 Å². The number of benzene rings is 1. The van der Waals surface area contributed by atoms with Crippen LogP contribution in [0.4, 0.5) is 5.69 Å². The molecular weight excluding hydrogens is 338 g/mol. The quantitative estimate of drug-likeness (QED) is 0.332. The lowest BCUT2D eigenvalue weighted by Crippen LogP contribution is -2.15. The molecule has 0 saturated heterocycles. The van der Waals surface area contributed by atoms with Crippen LogP contribution in [0, 0.1) is 0 Å². The van der Waals surface area contributed by atoms with Crippen molar-refractivity contribution in [1.29, 1.82) is 0 Å². The van der Waals surface area contributed by atoms with E-state index in [0.717, 1.165) is 11.4 Å². The molecule has 0 aliphatic heterocycles. The van der Waals surface area contributed by atoms with Gasteiger partial charge in [0.05, 0.1) is 65.6 Å². The number of hydrogen-bond acceptors (Lipinski definition) is 7. The smallest absolute Gasteiger partial charge is 0.119 e. The topological polar surface area (TPSA) is 81.4 Å². The van der Waals surface area contributed by atoms with E-state index in [2.05, 4.69) is 0 Å². The molecule has 0 aromatic heterocycles. The van der Waals surface area contributed by atoms with Crippen LogP contribution in [0.5, 0.6) is 5.75 Å². The first-order valence-corrected chi connectivity index (χ1v) is 9.09. The molecule has 150 valence electrons. The number of nitrogens with two attached hydrogens (primary N) is 1. The fraction of sp³-hybridized carbons (Fsp3) is 0.684. The van der Waals surface area contributed by atoms with Gasteiger partial charge in [-0.1, -0.05) is 0 Å². The van der Waals surface area contributed by atoms with E-state index in [4.69, 9.17) is 34.2 Å². The minimum absolute atomic E-state index is 0.243. The first-order valence-electron chi connectivity index (χ1n) is 9.09. The number of anilines is 1. The van der Waals surface area contributed by atoms with Gasteiger partial charge in [0, 0.05) is 5.69 Å². The molecule has 0 atom stereocenters. The molecule has 0 aliphatic carbocycles. The highest BCUT2D eigenvalue weighted by molar-refractivity contribution is 5.41. The molecule has 7 heteroatoms. The van der Waals surface area contributed by atoms with E-state index in [1.165, 1.54) is 0 Å². The van der Waals surface area contributed by atoms with E-state index in [-0.39, 0.29) is 6.10 Å². The van der Waals surface area contributed by atoms with Gasteiger partial charge in [0.25, 0.3) is 0 Å². The largest absolute Gasteiger partial charge is 0.491 e. The lowest BCUT2D eigenvalue weighted by atomic mass is 10.3. The Hall–Kier alpha value is -1.38. The molecule has 7 nitrogen and oxygen atoms in total. The van der Waals surface area contributed by atoms with Gasteiger partial charge >= 0.3 is 0 Å². The molecule has 1 rings (SSSR count). The summed E-state index contributed by atoms with van der Waals surface area (Å²) in [6, 6.07) is 7.28. The summed E-state index contributed by atoms with van der Waals surface area (Å²) in [7, 11) is 0. The average molecular weight is 371 g/mol. The van der Waals surface area contributed by atoms with Crippen molar-refractivity contribution in [2.45, 2.75) is 20.0 Å². The molecule has 0 aliphatic rings. The minimum Gasteiger partial charge on any atom is -0.491 e. The maximum Gasteiger partial charge on any atom is 0.119 e. The van der Waals surface area contributed by atoms with Crippen LogP contribution in [0.25, 0.3) is 0 Å². The van der Waals surface area contributed by atoms with Crippen LogP contribution in [0.15, 0.2) is 24.3 Å². The highest BCUT2D eigenvalue weighted by Crippen LogP contribution is 2.12. The van der Waals surface area contributed by atoms with Gasteiger partial charge in [-0.15, -0.1) is 0 Å². The Balaban J connectivity index is 1.74. The van der Waals surface area contributed by atoms with Crippen LogP contribution in [-0.4, -0.2) is 72.2 Å². The summed E-state index contributed by atoms with van der Waals surface area (Å²) in [5.41, 5.74) is 6.33. The summed E-state index contributed by atoms with van der Waals surface area (Å²) in [6.07, 6.45) is 0.243. The number of ether oxygens (including phenoxy) is 6. The molecule has 26 heavy (non-hydrogen) atoms. The molecule has 0 radical (unpaired) electrons. The monoisotopic (exact) mass is 371 g/mol. The first kappa shape index (κ1) is 22.7. The van der Waals surface area contributed by atoms with E-state index in [0.29, 0.717) is 66.1 Å². The molecule has 0 fully saturated rings. The van der Waals surface area contributed by atoms with Gasteiger partial charge in [0.15, 0.2) is 0 Å². The Kier molecular flexibility index (Phi) is 13.8. The zero-order valence-corrected chi connectivity index (χ0v) is 16.0. The molecule has 0 unspecified atom stereocenters. The third-order valence-electron chi connectivity index (χ3n) is 3.17. The molecule has 0 bridgehead atoms. The highest BCUT2D eigenvalue weighted by Gasteiger charge is 1.96. The third-order valence-corrected chi connectivity index (χ3v) is 3.17. The lowest BCUT2D eigenvalue weighted by molar-refractivity contribution is -0.0186. The molecule has 1 aromatic rings. The van der Waals surface area contributed by atoms with Crippen LogP contribution >= 0.6 is 0 Å². The molecule has 2 N–H and O–H groups in total. The van der Waals surface area contributed by atoms with Gasteiger partial charge in [0.2, 0.25) is 0 Å². The number of hydrogen-bond donors (Lipinski definition) is 1. The maximum atomic E-state index is 5.61. The van der Waals surface area contributed by atoms with Crippen LogP contribution < -0.4 is 10.5 Å². The first-order chi connectivity index (χ1) is 12.7. The predicted octanol–water partition coefficient (Wildman–Crippen LogP) is 2.14. The highest BCUT2D eigenvalue weighted by atomic mass is 16.6. The standard InChI is InChI=1S/C19H33NO6/c1-17(2)25-15-13-23-11-9-21-7-8-22-10-12-24-14-16-26-19-5-3-18(20)4-6-19/h3-6,17H,7-16,20H2,1-2H3. The number of nitrogen functional groups attached to an aromatic ring is 1. The average Bonchev–Trinajstić information content (AvgIpc) is 2.62. The van der Waals surface area contributed by atoms with Crippen molar-refractivity contribution in [3.63, 3.8) is 0 Å². The fourth-order valence-electron chi connectivity index (χ4n) is 1.89. The summed E-state index contributed by atoms with van der Waals surface area (Å²) in [5.74, 6) is 0.785. The second-order valence-electron chi connectivity index (χ2n) is 5.79. The van der Waals surface area contributed by atoms with E-state index in [1.807, 2.05) is 26.0 Å². The van der Waals surface area contributed by atoms with Crippen LogP contribution in [0.3, 0.4) is 0 Å². The van der Waals surface area contributed by atoms with Crippen molar-refractivity contribution in [1.82, 2.24) is 0 Å². The second-order valence-corrected chi connectivity index (χ2v) is 5.79. The Morgan fingerprint density at radius 3 is 1.54 bits per heavy atom. The molecule has 0 amide bonds. The van der Waals surface area contributed by atoms with Crippen molar-refractivity contribution in [2.24, 2.45) is 0 Å². The maximum absolute atomic E-state index is 5.61. The fourth-order valence-corrected chi connectivity index (χ4v) is 1.89. The van der Waals surface area contributed by atoms with E-state index >= 15 is 0 Å². The predicted molar refractivity (Wildman–Crippen MR) is 101 cm³/mol. The van der Waals surface area contributed by atoms with Crippen molar-refractivity contribution < 1.29 is 28.4 Å². The van der Waals surface area contributed by atoms with Gasteiger partial charge in [0.1, 0.15) is 12.4 Å². The van der Waals surface area contributed by atoms with Crippen molar-refractivity contribution >= 4 is 5.69 Å². The Morgan fingerprint density at radius 1 is 0.654 bits per heavy atom. The normalized spacial score (nSPS) is 11.2. The Bertz CT molecular complexity index is 427. The molecule has 0 spiro atoms. The van der Waals surface area contributed by atoms with Crippen molar-refractivity contribution in [2.75, 3.05) is 71.8 Å². The Labute approximate surface area is 156 Å². The molecule has 0 heterocycles. The van der Waals surface area contributed by atoms with Crippen LogP contribution in [-0.2, 0) is 23.7 Å². The molecule has 0 saturated carbocycles. The van der Waals surface area contributed by atoms with Gasteiger partial charge in [-0.3, -0.25) is 0 Å². The van der Waals surface area contributed by atoms with Gasteiger partial charge in [-0.25, -0.2) is 0 Å². The zero-order valence-electron chi connectivity index (χ0n) is 16.0. The van der Waals surface area contributed by atoms with E-state index < -0.39 is 0 Å². The van der Waals surface area contributed by atoms with Crippen LogP contribution in [0.2, 0.25) is 0 Å². The second kappa shape index (κ2) is 15.8. The molecule has 1 aromatic carbocycles. The number of rotatable bonds is 17. The third kappa shape index (κ3) is 13.9. The minimum atomic E-state index is 0.243. The van der Waals surface area contributed by atoms with Gasteiger partial charge in [-0.05, 0) is 38.1 Å². The Morgan fingerprint density at radius 2 is 1.08 bits per heavy atom. The van der Waals surface area contributed by atoms with Crippen molar-refractivity contribution in [3.05, 3.63) is 24.3 Å². The lowest BCUT2D eigenvalue weighted by Gasteiger charge is -2.09. The van der Waals surface area contributed by atoms with Crippen LogP contribution in [0.1, 0.15) is 13.8 Å². The summed E-state index contributed by atoms with van der Waals surface area (Å²) in [4.78, 5) is 0.